The average Bonchev–Trinajstić information content (AvgIpc) is 2.99. The van der Waals surface area contributed by atoms with Crippen molar-refractivity contribution in [2.24, 2.45) is 12.0 Å². The van der Waals surface area contributed by atoms with Gasteiger partial charge in [0, 0.05) is 45.2 Å². The topological polar surface area (TPSA) is 81.9 Å². The lowest BCUT2D eigenvalue weighted by molar-refractivity contribution is 0.0702. The number of methoxy groups -OCH3 is 1. The maximum Gasteiger partial charge on any atom is 0.195 e. The zero-order valence-electron chi connectivity index (χ0n) is 20.4. The molecule has 0 saturated heterocycles. The molecule has 8 heteroatoms. The van der Waals surface area contributed by atoms with Crippen LogP contribution in [-0.2, 0) is 22.9 Å². The Hall–Kier alpha value is -2.58. The summed E-state index contributed by atoms with van der Waals surface area (Å²) >= 11 is 0. The van der Waals surface area contributed by atoms with Gasteiger partial charge in [0.15, 0.2) is 5.96 Å². The van der Waals surface area contributed by atoms with Gasteiger partial charge in [0.1, 0.15) is 5.75 Å². The van der Waals surface area contributed by atoms with E-state index < -0.39 is 0 Å². The summed E-state index contributed by atoms with van der Waals surface area (Å²) in [6.45, 7) is 11.5. The molecule has 0 saturated carbocycles. The van der Waals surface area contributed by atoms with Crippen LogP contribution in [0.15, 0.2) is 29.3 Å². The summed E-state index contributed by atoms with van der Waals surface area (Å²) in [6.07, 6.45) is 1.88. The van der Waals surface area contributed by atoms with Crippen LogP contribution in [0, 0.1) is 13.8 Å². The number of benzene rings is 1. The maximum absolute atomic E-state index is 5.73. The van der Waals surface area contributed by atoms with Gasteiger partial charge in [-0.3, -0.25) is 9.67 Å². The monoisotopic (exact) mass is 445 g/mol. The highest BCUT2D eigenvalue weighted by Crippen LogP contribution is 2.17. The number of aliphatic imine (C=N–C) groups is 1. The summed E-state index contributed by atoms with van der Waals surface area (Å²) in [5.74, 6) is 1.60. The molecule has 32 heavy (non-hydrogen) atoms. The molecule has 0 amide bonds. The van der Waals surface area contributed by atoms with Crippen molar-refractivity contribution in [2.75, 3.05) is 45.3 Å². The molecule has 0 fully saturated rings. The van der Waals surface area contributed by atoms with Crippen molar-refractivity contribution in [3.63, 3.8) is 0 Å². The molecule has 1 aromatic carbocycles. The molecule has 0 unspecified atom stereocenters. The molecule has 0 aliphatic rings. The van der Waals surface area contributed by atoms with Gasteiger partial charge in [0.25, 0.3) is 0 Å². The van der Waals surface area contributed by atoms with Gasteiger partial charge < -0.3 is 24.8 Å². The first-order chi connectivity index (χ1) is 15.4. The zero-order chi connectivity index (χ0) is 23.3. The minimum atomic E-state index is 0.151. The second-order valence-electron chi connectivity index (χ2n) is 7.95. The van der Waals surface area contributed by atoms with Crippen molar-refractivity contribution in [3.05, 3.63) is 41.2 Å². The molecule has 2 rings (SSSR count). The predicted octanol–water partition coefficient (Wildman–Crippen LogP) is 3.48. The van der Waals surface area contributed by atoms with E-state index in [0.29, 0.717) is 26.4 Å². The third-order valence-corrected chi connectivity index (χ3v) is 4.96. The number of aromatic nitrogens is 2. The van der Waals surface area contributed by atoms with E-state index in [-0.39, 0.29) is 6.10 Å². The van der Waals surface area contributed by atoms with Crippen LogP contribution in [0.4, 0.5) is 5.69 Å². The van der Waals surface area contributed by atoms with Crippen molar-refractivity contribution < 1.29 is 14.2 Å². The molecule has 178 valence electrons. The molecule has 0 spiro atoms. The second kappa shape index (κ2) is 13.8. The molecule has 0 bridgehead atoms. The van der Waals surface area contributed by atoms with E-state index in [2.05, 4.69) is 29.6 Å². The van der Waals surface area contributed by atoms with Crippen molar-refractivity contribution in [2.45, 2.75) is 46.6 Å². The first kappa shape index (κ1) is 25.7. The predicted molar refractivity (Wildman–Crippen MR) is 130 cm³/mol. The van der Waals surface area contributed by atoms with Crippen molar-refractivity contribution in [3.8, 4) is 5.75 Å². The van der Waals surface area contributed by atoms with Gasteiger partial charge in [-0.2, -0.15) is 5.10 Å². The van der Waals surface area contributed by atoms with Gasteiger partial charge in [0.05, 0.1) is 25.0 Å². The lowest BCUT2D eigenvalue weighted by atomic mass is 10.1. The third-order valence-electron chi connectivity index (χ3n) is 4.96. The molecule has 0 radical (unpaired) electrons. The molecule has 2 aromatic rings. The van der Waals surface area contributed by atoms with E-state index in [1.165, 1.54) is 11.3 Å². The van der Waals surface area contributed by atoms with Crippen LogP contribution in [0.1, 0.15) is 37.2 Å². The fraction of sp³-hybridized carbons (Fsp3) is 0.583. The standard InChI is InChI=1S/C24H39N5O3/c1-18(2)32-22-10-8-21(9-11-22)27-24(25-13-7-15-31-17-16-30-6)26-14-12-23-19(3)28-29(5)20(23)4/h8-11,18H,7,12-17H2,1-6H3,(H2,25,26,27). The lowest BCUT2D eigenvalue weighted by Gasteiger charge is -2.14. The van der Waals surface area contributed by atoms with Crippen LogP contribution in [0.25, 0.3) is 0 Å². The van der Waals surface area contributed by atoms with Crippen LogP contribution < -0.4 is 15.4 Å². The van der Waals surface area contributed by atoms with E-state index in [4.69, 9.17) is 19.2 Å². The number of ether oxygens (including phenoxy) is 3. The number of guanidine groups is 1. The van der Waals surface area contributed by atoms with Crippen molar-refractivity contribution in [1.82, 2.24) is 15.1 Å². The van der Waals surface area contributed by atoms with Gasteiger partial charge in [-0.15, -0.1) is 0 Å². The third kappa shape index (κ3) is 8.88. The number of anilines is 1. The van der Waals surface area contributed by atoms with E-state index in [0.717, 1.165) is 42.5 Å². The SMILES string of the molecule is COCCOCCCN=C(NCCc1c(C)nn(C)c1C)Nc1ccc(OC(C)C)cc1. The Morgan fingerprint density at radius 1 is 1.12 bits per heavy atom. The summed E-state index contributed by atoms with van der Waals surface area (Å²) < 4.78 is 18.2. The summed E-state index contributed by atoms with van der Waals surface area (Å²) in [5.41, 5.74) is 4.51. The Morgan fingerprint density at radius 2 is 1.88 bits per heavy atom. The number of hydrogen-bond donors (Lipinski definition) is 2. The number of aryl methyl sites for hydroxylation is 2. The highest BCUT2D eigenvalue weighted by molar-refractivity contribution is 5.93. The van der Waals surface area contributed by atoms with Crippen LogP contribution in [0.3, 0.4) is 0 Å². The van der Waals surface area contributed by atoms with Gasteiger partial charge >= 0.3 is 0 Å². The number of nitrogens with one attached hydrogen (secondary N) is 2. The molecule has 1 aromatic heterocycles. The Kier molecular flexibility index (Phi) is 11.0. The molecule has 1 heterocycles. The number of hydrogen-bond acceptors (Lipinski definition) is 5. The van der Waals surface area contributed by atoms with Gasteiger partial charge in [0.2, 0.25) is 0 Å². The highest BCUT2D eigenvalue weighted by Gasteiger charge is 2.09. The van der Waals surface area contributed by atoms with Crippen molar-refractivity contribution >= 4 is 11.6 Å². The van der Waals surface area contributed by atoms with Crippen molar-refractivity contribution in [1.29, 1.82) is 0 Å². The fourth-order valence-corrected chi connectivity index (χ4v) is 3.25. The van der Waals surface area contributed by atoms with Crippen LogP contribution >= 0.6 is 0 Å². The minimum absolute atomic E-state index is 0.151. The average molecular weight is 446 g/mol. The largest absolute Gasteiger partial charge is 0.491 e. The van der Waals surface area contributed by atoms with Gasteiger partial charge in [-0.25, -0.2) is 0 Å². The summed E-state index contributed by atoms with van der Waals surface area (Å²) in [6, 6.07) is 7.92. The lowest BCUT2D eigenvalue weighted by Crippen LogP contribution is -2.33. The summed E-state index contributed by atoms with van der Waals surface area (Å²) in [4.78, 5) is 4.72. The number of rotatable bonds is 13. The Labute approximate surface area is 192 Å². The van der Waals surface area contributed by atoms with E-state index >= 15 is 0 Å². The molecule has 8 nitrogen and oxygen atoms in total. The Balaban J connectivity index is 1.94. The van der Waals surface area contributed by atoms with Crippen LogP contribution in [-0.4, -0.2) is 61.9 Å². The van der Waals surface area contributed by atoms with E-state index in [1.807, 2.05) is 49.8 Å². The summed E-state index contributed by atoms with van der Waals surface area (Å²) in [7, 11) is 3.66. The molecule has 0 aliphatic carbocycles. The molecule has 0 aliphatic heterocycles. The summed E-state index contributed by atoms with van der Waals surface area (Å²) in [5, 5.41) is 11.3. The van der Waals surface area contributed by atoms with Crippen LogP contribution in [0.5, 0.6) is 5.75 Å². The quantitative estimate of drug-likeness (QED) is 0.279. The van der Waals surface area contributed by atoms with Gasteiger partial charge in [-0.05, 0) is 70.4 Å². The Bertz CT molecular complexity index is 831. The van der Waals surface area contributed by atoms with Gasteiger partial charge in [-0.1, -0.05) is 0 Å². The first-order valence-electron chi connectivity index (χ1n) is 11.3. The molecule has 2 N–H and O–H groups in total. The minimum Gasteiger partial charge on any atom is -0.491 e. The Morgan fingerprint density at radius 3 is 2.50 bits per heavy atom. The second-order valence-corrected chi connectivity index (χ2v) is 7.95. The van der Waals surface area contributed by atoms with E-state index in [9.17, 15) is 0 Å². The molecular formula is C24H39N5O3. The normalized spacial score (nSPS) is 11.8. The maximum atomic E-state index is 5.73. The highest BCUT2D eigenvalue weighted by atomic mass is 16.5. The van der Waals surface area contributed by atoms with E-state index in [1.54, 1.807) is 7.11 Å². The molecular weight excluding hydrogens is 406 g/mol. The smallest absolute Gasteiger partial charge is 0.195 e. The molecule has 0 atom stereocenters. The fourth-order valence-electron chi connectivity index (χ4n) is 3.25. The number of nitrogens with zero attached hydrogens (tertiary/aromatic N) is 3. The van der Waals surface area contributed by atoms with Crippen LogP contribution in [0.2, 0.25) is 0 Å². The first-order valence-corrected chi connectivity index (χ1v) is 11.3. The zero-order valence-corrected chi connectivity index (χ0v) is 20.4.